The van der Waals surface area contributed by atoms with Gasteiger partial charge in [0.25, 0.3) is 0 Å². The number of anilines is 1. The summed E-state index contributed by atoms with van der Waals surface area (Å²) in [6.07, 6.45) is 0.872. The Morgan fingerprint density at radius 3 is 2.07 bits per heavy atom. The summed E-state index contributed by atoms with van der Waals surface area (Å²) in [5.41, 5.74) is 1.87. The number of carbonyl (C=O) groups excluding carboxylic acids is 2. The van der Waals surface area contributed by atoms with E-state index in [9.17, 15) is 9.59 Å². The monoisotopic (exact) mass is 395 g/mol. The molecule has 0 aromatic heterocycles. The molecule has 2 rings (SSSR count). The van der Waals surface area contributed by atoms with E-state index >= 15 is 0 Å². The van der Waals surface area contributed by atoms with Crippen LogP contribution in [0.5, 0.6) is 0 Å². The molecule has 1 N–H and O–H groups in total. The zero-order chi connectivity index (χ0) is 21.2. The van der Waals surface area contributed by atoms with Crippen LogP contribution in [0, 0.1) is 0 Å². The molecular formula is C24H33N3O2. The average molecular weight is 396 g/mol. The second-order valence-electron chi connectivity index (χ2n) is 7.60. The summed E-state index contributed by atoms with van der Waals surface area (Å²) in [7, 11) is 0. The molecule has 2 aromatic rings. The van der Waals surface area contributed by atoms with E-state index in [4.69, 9.17) is 0 Å². The zero-order valence-electron chi connectivity index (χ0n) is 18.0. The van der Waals surface area contributed by atoms with Gasteiger partial charge < -0.3 is 10.2 Å². The molecular weight excluding hydrogens is 362 g/mol. The van der Waals surface area contributed by atoms with Crippen molar-refractivity contribution in [2.45, 2.75) is 52.7 Å². The summed E-state index contributed by atoms with van der Waals surface area (Å²) in [6.45, 7) is 9.45. The standard InChI is InChI=1S/C24H33N3O2/c1-5-16-26(20(4)24(29)25-22-14-10-7-11-15-22)18-23(28)27(19(2)3)17-21-12-8-6-9-13-21/h6-15,19-20H,5,16-18H2,1-4H3,(H,25,29). The number of benzene rings is 2. The largest absolute Gasteiger partial charge is 0.335 e. The highest BCUT2D eigenvalue weighted by atomic mass is 16.2. The highest BCUT2D eigenvalue weighted by Crippen LogP contribution is 2.12. The van der Waals surface area contributed by atoms with E-state index in [2.05, 4.69) is 12.2 Å². The van der Waals surface area contributed by atoms with Gasteiger partial charge in [-0.1, -0.05) is 55.5 Å². The van der Waals surface area contributed by atoms with Gasteiger partial charge in [-0.2, -0.15) is 0 Å². The van der Waals surface area contributed by atoms with Crippen LogP contribution in [0.3, 0.4) is 0 Å². The highest BCUT2D eigenvalue weighted by molar-refractivity contribution is 5.94. The first-order chi connectivity index (χ1) is 13.9. The Hall–Kier alpha value is -2.66. The molecule has 0 radical (unpaired) electrons. The van der Waals surface area contributed by atoms with Gasteiger partial charge in [0.05, 0.1) is 12.6 Å². The minimum absolute atomic E-state index is 0.0386. The lowest BCUT2D eigenvalue weighted by molar-refractivity contribution is -0.136. The fourth-order valence-corrected chi connectivity index (χ4v) is 3.23. The number of amides is 2. The number of nitrogens with one attached hydrogen (secondary N) is 1. The molecule has 0 aliphatic carbocycles. The van der Waals surface area contributed by atoms with Crippen LogP contribution in [-0.4, -0.2) is 46.8 Å². The molecule has 29 heavy (non-hydrogen) atoms. The van der Waals surface area contributed by atoms with Crippen molar-refractivity contribution in [3.63, 3.8) is 0 Å². The van der Waals surface area contributed by atoms with Crippen LogP contribution in [0.25, 0.3) is 0 Å². The number of carbonyl (C=O) groups is 2. The maximum atomic E-state index is 13.1. The molecule has 0 spiro atoms. The molecule has 0 saturated carbocycles. The van der Waals surface area contributed by atoms with E-state index < -0.39 is 6.04 Å². The minimum atomic E-state index is -0.398. The molecule has 0 saturated heterocycles. The van der Waals surface area contributed by atoms with Crippen LogP contribution < -0.4 is 5.32 Å². The van der Waals surface area contributed by atoms with Crippen molar-refractivity contribution in [1.82, 2.24) is 9.80 Å². The Kier molecular flexibility index (Phi) is 8.87. The zero-order valence-corrected chi connectivity index (χ0v) is 18.0. The second-order valence-corrected chi connectivity index (χ2v) is 7.60. The van der Waals surface area contributed by atoms with Gasteiger partial charge in [0.2, 0.25) is 11.8 Å². The maximum Gasteiger partial charge on any atom is 0.241 e. The van der Waals surface area contributed by atoms with Crippen molar-refractivity contribution in [2.24, 2.45) is 0 Å². The lowest BCUT2D eigenvalue weighted by atomic mass is 10.1. The first-order valence-electron chi connectivity index (χ1n) is 10.4. The summed E-state index contributed by atoms with van der Waals surface area (Å²) < 4.78 is 0. The van der Waals surface area contributed by atoms with Gasteiger partial charge >= 0.3 is 0 Å². The molecule has 5 nitrogen and oxygen atoms in total. The van der Waals surface area contributed by atoms with Gasteiger partial charge in [0.1, 0.15) is 0 Å². The molecule has 1 unspecified atom stereocenters. The molecule has 1 atom stereocenters. The van der Waals surface area contributed by atoms with Crippen molar-refractivity contribution < 1.29 is 9.59 Å². The van der Waals surface area contributed by atoms with Crippen molar-refractivity contribution in [3.8, 4) is 0 Å². The third-order valence-electron chi connectivity index (χ3n) is 4.96. The molecule has 0 aliphatic rings. The Balaban J connectivity index is 2.06. The number of rotatable bonds is 10. The highest BCUT2D eigenvalue weighted by Gasteiger charge is 2.26. The van der Waals surface area contributed by atoms with E-state index in [-0.39, 0.29) is 24.4 Å². The summed E-state index contributed by atoms with van der Waals surface area (Å²) in [5.74, 6) is -0.0618. The number of nitrogens with zero attached hydrogens (tertiary/aromatic N) is 2. The molecule has 2 aromatic carbocycles. The van der Waals surface area contributed by atoms with Crippen LogP contribution >= 0.6 is 0 Å². The maximum absolute atomic E-state index is 13.1. The predicted molar refractivity (Wildman–Crippen MR) is 119 cm³/mol. The fraction of sp³-hybridized carbons (Fsp3) is 0.417. The van der Waals surface area contributed by atoms with Crippen LogP contribution in [-0.2, 0) is 16.1 Å². The predicted octanol–water partition coefficient (Wildman–Crippen LogP) is 4.16. The van der Waals surface area contributed by atoms with Crippen molar-refractivity contribution in [1.29, 1.82) is 0 Å². The van der Waals surface area contributed by atoms with Crippen LogP contribution in [0.1, 0.15) is 39.7 Å². The van der Waals surface area contributed by atoms with E-state index in [0.29, 0.717) is 13.1 Å². The summed E-state index contributed by atoms with van der Waals surface area (Å²) in [4.78, 5) is 29.7. The Labute approximate surface area is 174 Å². The van der Waals surface area contributed by atoms with Crippen molar-refractivity contribution in [2.75, 3.05) is 18.4 Å². The van der Waals surface area contributed by atoms with Crippen LogP contribution in [0.2, 0.25) is 0 Å². The van der Waals surface area contributed by atoms with E-state index in [1.807, 2.05) is 91.2 Å². The quantitative estimate of drug-likeness (QED) is 0.657. The third-order valence-corrected chi connectivity index (χ3v) is 4.96. The van der Waals surface area contributed by atoms with E-state index in [0.717, 1.165) is 17.7 Å². The Morgan fingerprint density at radius 2 is 1.52 bits per heavy atom. The average Bonchev–Trinajstić information content (AvgIpc) is 2.72. The molecule has 5 heteroatoms. The third kappa shape index (κ3) is 7.02. The molecule has 0 heterocycles. The van der Waals surface area contributed by atoms with Crippen molar-refractivity contribution in [3.05, 3.63) is 66.2 Å². The Bertz CT molecular complexity index is 762. The topological polar surface area (TPSA) is 52.7 Å². The minimum Gasteiger partial charge on any atom is -0.335 e. The molecule has 0 bridgehead atoms. The SMILES string of the molecule is CCCN(CC(=O)N(Cc1ccccc1)C(C)C)C(C)C(=O)Nc1ccccc1. The summed E-state index contributed by atoms with van der Waals surface area (Å²) in [6, 6.07) is 19.1. The van der Waals surface area contributed by atoms with Crippen LogP contribution in [0.4, 0.5) is 5.69 Å². The molecule has 156 valence electrons. The lowest BCUT2D eigenvalue weighted by Crippen LogP contribution is -2.49. The smallest absolute Gasteiger partial charge is 0.241 e. The van der Waals surface area contributed by atoms with E-state index in [1.54, 1.807) is 0 Å². The normalized spacial score (nSPS) is 12.1. The Morgan fingerprint density at radius 1 is 0.931 bits per heavy atom. The first-order valence-corrected chi connectivity index (χ1v) is 10.4. The first kappa shape index (κ1) is 22.6. The summed E-state index contributed by atoms with van der Waals surface area (Å²) >= 11 is 0. The van der Waals surface area contributed by atoms with Gasteiger partial charge in [-0.3, -0.25) is 14.5 Å². The summed E-state index contributed by atoms with van der Waals surface area (Å²) in [5, 5.41) is 2.94. The second kappa shape index (κ2) is 11.4. The molecule has 0 fully saturated rings. The molecule has 0 aliphatic heterocycles. The van der Waals surface area contributed by atoms with Gasteiger partial charge in [0, 0.05) is 18.3 Å². The molecule has 2 amide bonds. The van der Waals surface area contributed by atoms with E-state index in [1.165, 1.54) is 0 Å². The number of hydrogen-bond donors (Lipinski definition) is 1. The number of hydrogen-bond acceptors (Lipinski definition) is 3. The van der Waals surface area contributed by atoms with Crippen LogP contribution in [0.15, 0.2) is 60.7 Å². The van der Waals surface area contributed by atoms with Gasteiger partial charge in [-0.05, 0) is 51.4 Å². The van der Waals surface area contributed by atoms with Crippen molar-refractivity contribution >= 4 is 17.5 Å². The fourth-order valence-electron chi connectivity index (χ4n) is 3.23. The lowest BCUT2D eigenvalue weighted by Gasteiger charge is -2.32. The van der Waals surface area contributed by atoms with Gasteiger partial charge in [0.15, 0.2) is 0 Å². The number of para-hydroxylation sites is 1. The van der Waals surface area contributed by atoms with Gasteiger partial charge in [-0.25, -0.2) is 0 Å². The van der Waals surface area contributed by atoms with Gasteiger partial charge in [-0.15, -0.1) is 0 Å².